The Hall–Kier alpha value is -2.04. The third-order valence-electron chi connectivity index (χ3n) is 3.17. The number of hydrogen-bond acceptors (Lipinski definition) is 3. The van der Waals surface area contributed by atoms with Crippen LogP contribution in [0, 0.1) is 0 Å². The van der Waals surface area contributed by atoms with E-state index in [4.69, 9.17) is 0 Å². The number of nitrogens with zero attached hydrogens (tertiary/aromatic N) is 2. The largest absolute Gasteiger partial charge is 0.415 e. The minimum atomic E-state index is -2.88. The van der Waals surface area contributed by atoms with Crippen molar-refractivity contribution in [3.05, 3.63) is 42.0 Å². The van der Waals surface area contributed by atoms with Crippen molar-refractivity contribution >= 4 is 0 Å². The quantitative estimate of drug-likeness (QED) is 0.706. The normalized spacial score (nSPS) is 10.9. The SMILES string of the molecule is CCCCCc1ccc(-c2ccc(OC(F)F)nn2)cc1. The van der Waals surface area contributed by atoms with Gasteiger partial charge in [-0.3, -0.25) is 0 Å². The number of aromatic nitrogens is 2. The van der Waals surface area contributed by atoms with Crippen molar-refractivity contribution in [1.29, 1.82) is 0 Å². The number of halogens is 2. The molecule has 0 fully saturated rings. The molecule has 0 spiro atoms. The highest BCUT2D eigenvalue weighted by Gasteiger charge is 2.07. The Morgan fingerprint density at radius 3 is 2.33 bits per heavy atom. The number of hydrogen-bond donors (Lipinski definition) is 0. The second kappa shape index (κ2) is 7.67. The lowest BCUT2D eigenvalue weighted by Crippen LogP contribution is -2.04. The van der Waals surface area contributed by atoms with Gasteiger partial charge in [0.15, 0.2) is 0 Å². The van der Waals surface area contributed by atoms with Gasteiger partial charge in [-0.15, -0.1) is 10.2 Å². The average molecular weight is 292 g/mol. The van der Waals surface area contributed by atoms with Crippen LogP contribution in [0.4, 0.5) is 8.78 Å². The molecule has 1 heterocycles. The average Bonchev–Trinajstić information content (AvgIpc) is 2.49. The molecule has 1 aromatic heterocycles. The maximum atomic E-state index is 12.0. The molecule has 1 aromatic carbocycles. The zero-order valence-corrected chi connectivity index (χ0v) is 11.9. The standard InChI is InChI=1S/C16H18F2N2O/c1-2-3-4-5-12-6-8-13(9-7-12)14-10-11-15(20-19-14)21-16(17)18/h6-11,16H,2-5H2,1H3. The smallest absolute Gasteiger partial charge is 0.388 e. The van der Waals surface area contributed by atoms with Crippen LogP contribution < -0.4 is 4.74 Å². The fourth-order valence-corrected chi connectivity index (χ4v) is 2.05. The van der Waals surface area contributed by atoms with Crippen LogP contribution in [0.5, 0.6) is 5.88 Å². The summed E-state index contributed by atoms with van der Waals surface area (Å²) in [5.41, 5.74) is 2.83. The second-order valence-corrected chi connectivity index (χ2v) is 4.79. The van der Waals surface area contributed by atoms with E-state index in [1.807, 2.05) is 12.1 Å². The highest BCUT2D eigenvalue weighted by atomic mass is 19.3. The number of aryl methyl sites for hydroxylation is 1. The molecule has 112 valence electrons. The predicted octanol–water partition coefficient (Wildman–Crippen LogP) is 4.48. The summed E-state index contributed by atoms with van der Waals surface area (Å²) in [5.74, 6) is -0.176. The Morgan fingerprint density at radius 2 is 1.76 bits per heavy atom. The van der Waals surface area contributed by atoms with E-state index in [9.17, 15) is 8.78 Å². The van der Waals surface area contributed by atoms with Crippen molar-refractivity contribution < 1.29 is 13.5 Å². The monoisotopic (exact) mass is 292 g/mol. The maximum Gasteiger partial charge on any atom is 0.388 e. The third-order valence-corrected chi connectivity index (χ3v) is 3.17. The highest BCUT2D eigenvalue weighted by Crippen LogP contribution is 2.19. The number of unbranched alkanes of at least 4 members (excludes halogenated alkanes) is 2. The first-order valence-corrected chi connectivity index (χ1v) is 7.07. The van der Waals surface area contributed by atoms with Gasteiger partial charge in [-0.1, -0.05) is 44.0 Å². The van der Waals surface area contributed by atoms with E-state index >= 15 is 0 Å². The summed E-state index contributed by atoms with van der Waals surface area (Å²) >= 11 is 0. The van der Waals surface area contributed by atoms with Crippen LogP contribution in [0.15, 0.2) is 36.4 Å². The topological polar surface area (TPSA) is 35.0 Å². The van der Waals surface area contributed by atoms with Gasteiger partial charge in [0.05, 0.1) is 5.69 Å². The van der Waals surface area contributed by atoms with Crippen LogP contribution in [0.1, 0.15) is 31.7 Å². The lowest BCUT2D eigenvalue weighted by molar-refractivity contribution is -0.0534. The van der Waals surface area contributed by atoms with Crippen molar-refractivity contribution in [1.82, 2.24) is 10.2 Å². The summed E-state index contributed by atoms with van der Waals surface area (Å²) < 4.78 is 28.2. The van der Waals surface area contributed by atoms with Crippen LogP contribution in [0.25, 0.3) is 11.3 Å². The molecule has 0 unspecified atom stereocenters. The molecule has 0 aliphatic rings. The Labute approximate surface area is 123 Å². The van der Waals surface area contributed by atoms with E-state index in [1.165, 1.54) is 30.9 Å². The Morgan fingerprint density at radius 1 is 1.00 bits per heavy atom. The summed E-state index contributed by atoms with van der Waals surface area (Å²) in [5, 5.41) is 7.52. The zero-order chi connectivity index (χ0) is 15.1. The number of ether oxygens (including phenoxy) is 1. The van der Waals surface area contributed by atoms with Gasteiger partial charge in [0.25, 0.3) is 0 Å². The highest BCUT2D eigenvalue weighted by molar-refractivity contribution is 5.58. The molecule has 5 heteroatoms. The first-order chi connectivity index (χ1) is 10.2. The summed E-state index contributed by atoms with van der Waals surface area (Å²) in [4.78, 5) is 0. The van der Waals surface area contributed by atoms with Gasteiger partial charge >= 0.3 is 6.61 Å². The molecule has 0 aliphatic heterocycles. The van der Waals surface area contributed by atoms with E-state index in [0.29, 0.717) is 5.69 Å². The van der Waals surface area contributed by atoms with Gasteiger partial charge in [-0.2, -0.15) is 8.78 Å². The summed E-state index contributed by atoms with van der Waals surface area (Å²) in [6, 6.07) is 11.1. The van der Waals surface area contributed by atoms with Crippen molar-refractivity contribution in [2.75, 3.05) is 0 Å². The van der Waals surface area contributed by atoms with Crippen LogP contribution in [-0.4, -0.2) is 16.8 Å². The van der Waals surface area contributed by atoms with Gasteiger partial charge in [-0.05, 0) is 24.5 Å². The summed E-state index contributed by atoms with van der Waals surface area (Å²) in [6.45, 7) is -0.698. The molecule has 0 N–H and O–H groups in total. The molecular weight excluding hydrogens is 274 g/mol. The van der Waals surface area contributed by atoms with Crippen molar-refractivity contribution in [3.8, 4) is 17.1 Å². The fraction of sp³-hybridized carbons (Fsp3) is 0.375. The molecule has 0 saturated carbocycles. The molecular formula is C16H18F2N2O. The molecule has 0 saturated heterocycles. The van der Waals surface area contributed by atoms with E-state index in [2.05, 4.69) is 34.0 Å². The zero-order valence-electron chi connectivity index (χ0n) is 11.9. The van der Waals surface area contributed by atoms with Crippen molar-refractivity contribution in [2.45, 2.75) is 39.2 Å². The summed E-state index contributed by atoms with van der Waals surface area (Å²) in [6.07, 6.45) is 4.70. The Balaban J connectivity index is 2.01. The minimum Gasteiger partial charge on any atom is -0.415 e. The first-order valence-electron chi connectivity index (χ1n) is 7.07. The van der Waals surface area contributed by atoms with Crippen molar-refractivity contribution in [3.63, 3.8) is 0 Å². The molecule has 0 amide bonds. The molecule has 0 radical (unpaired) electrons. The van der Waals surface area contributed by atoms with Gasteiger partial charge in [-0.25, -0.2) is 0 Å². The third kappa shape index (κ3) is 4.77. The molecule has 3 nitrogen and oxygen atoms in total. The number of rotatable bonds is 7. The lowest BCUT2D eigenvalue weighted by Gasteiger charge is -2.05. The van der Waals surface area contributed by atoms with E-state index in [-0.39, 0.29) is 5.88 Å². The van der Waals surface area contributed by atoms with E-state index in [1.54, 1.807) is 6.07 Å². The van der Waals surface area contributed by atoms with Crippen LogP contribution in [0.2, 0.25) is 0 Å². The Kier molecular flexibility index (Phi) is 5.60. The van der Waals surface area contributed by atoms with Crippen LogP contribution in [-0.2, 0) is 6.42 Å². The number of alkyl halides is 2. The molecule has 2 aromatic rings. The van der Waals surface area contributed by atoms with Gasteiger partial charge in [0.1, 0.15) is 0 Å². The second-order valence-electron chi connectivity index (χ2n) is 4.79. The van der Waals surface area contributed by atoms with E-state index < -0.39 is 6.61 Å². The Bertz CT molecular complexity index is 541. The molecule has 2 rings (SSSR count). The van der Waals surface area contributed by atoms with Gasteiger partial charge in [0, 0.05) is 11.6 Å². The van der Waals surface area contributed by atoms with Gasteiger partial charge < -0.3 is 4.74 Å². The number of benzene rings is 1. The maximum absolute atomic E-state index is 12.0. The van der Waals surface area contributed by atoms with Crippen LogP contribution >= 0.6 is 0 Å². The predicted molar refractivity (Wildman–Crippen MR) is 77.3 cm³/mol. The first kappa shape index (κ1) is 15.4. The van der Waals surface area contributed by atoms with Crippen LogP contribution in [0.3, 0.4) is 0 Å². The molecule has 0 bridgehead atoms. The molecule has 0 aliphatic carbocycles. The lowest BCUT2D eigenvalue weighted by atomic mass is 10.0. The van der Waals surface area contributed by atoms with Crippen molar-refractivity contribution in [2.24, 2.45) is 0 Å². The van der Waals surface area contributed by atoms with E-state index in [0.717, 1.165) is 12.0 Å². The van der Waals surface area contributed by atoms with Gasteiger partial charge in [0.2, 0.25) is 5.88 Å². The fourth-order valence-electron chi connectivity index (χ4n) is 2.05. The summed E-state index contributed by atoms with van der Waals surface area (Å²) in [7, 11) is 0. The minimum absolute atomic E-state index is 0.176. The molecule has 21 heavy (non-hydrogen) atoms. The molecule has 0 atom stereocenters.